The lowest BCUT2D eigenvalue weighted by atomic mass is 9.98. The number of alkyl carbamates (subject to hydrolysis) is 1. The number of halogens is 1. The Morgan fingerprint density at radius 3 is 2.63 bits per heavy atom. The van der Waals surface area contributed by atoms with Gasteiger partial charge in [0, 0.05) is 18.6 Å². The summed E-state index contributed by atoms with van der Waals surface area (Å²) in [6.07, 6.45) is 2.71. The minimum absolute atomic E-state index is 0.0104. The van der Waals surface area contributed by atoms with E-state index in [2.05, 4.69) is 22.2 Å². The largest absolute Gasteiger partial charge is 0.444 e. The molecule has 2 unspecified atom stereocenters. The molecule has 3 rings (SSSR count). The van der Waals surface area contributed by atoms with Crippen molar-refractivity contribution in [3.63, 3.8) is 0 Å². The Morgan fingerprint density at radius 1 is 1.30 bits per heavy atom. The average molecular weight is 433 g/mol. The first-order chi connectivity index (χ1) is 14.1. The van der Waals surface area contributed by atoms with E-state index in [-0.39, 0.29) is 22.7 Å². The predicted molar refractivity (Wildman–Crippen MR) is 118 cm³/mol. The summed E-state index contributed by atoms with van der Waals surface area (Å²) in [5.74, 6) is 0. The first-order valence-corrected chi connectivity index (χ1v) is 10.6. The van der Waals surface area contributed by atoms with Crippen molar-refractivity contribution in [3.05, 3.63) is 57.5 Å². The first-order valence-electron chi connectivity index (χ1n) is 10.2. The molecule has 0 radical (unpaired) electrons. The summed E-state index contributed by atoms with van der Waals surface area (Å²) in [6, 6.07) is 9.76. The van der Waals surface area contributed by atoms with E-state index in [0.717, 1.165) is 18.4 Å². The molecule has 30 heavy (non-hydrogen) atoms. The zero-order valence-corrected chi connectivity index (χ0v) is 18.6. The summed E-state index contributed by atoms with van der Waals surface area (Å²) in [5.41, 5.74) is 0.783. The van der Waals surface area contributed by atoms with Crippen LogP contribution in [0.2, 0.25) is 5.02 Å². The molecule has 0 aliphatic carbocycles. The quantitative estimate of drug-likeness (QED) is 0.794. The lowest BCUT2D eigenvalue weighted by Gasteiger charge is -2.39. The lowest BCUT2D eigenvalue weighted by molar-refractivity contribution is 0.0494. The van der Waals surface area contributed by atoms with Gasteiger partial charge < -0.3 is 15.0 Å². The van der Waals surface area contributed by atoms with Crippen LogP contribution >= 0.6 is 11.6 Å². The molecular formula is C22H29ClN4O3. The van der Waals surface area contributed by atoms with Gasteiger partial charge in [0.15, 0.2) is 0 Å². The second kappa shape index (κ2) is 9.08. The van der Waals surface area contributed by atoms with Gasteiger partial charge in [-0.2, -0.15) is 5.10 Å². The van der Waals surface area contributed by atoms with Crippen LogP contribution in [-0.2, 0) is 11.3 Å². The van der Waals surface area contributed by atoms with E-state index in [0.29, 0.717) is 18.8 Å². The van der Waals surface area contributed by atoms with Crippen LogP contribution in [0.1, 0.15) is 46.1 Å². The number of rotatable bonds is 4. The minimum atomic E-state index is -0.528. The lowest BCUT2D eigenvalue weighted by Crippen LogP contribution is -2.50. The Hall–Kier alpha value is -2.54. The highest BCUT2D eigenvalue weighted by molar-refractivity contribution is 6.33. The molecule has 0 saturated carbocycles. The maximum Gasteiger partial charge on any atom is 0.407 e. The number of nitrogens with one attached hydrogen (secondary N) is 1. The monoisotopic (exact) mass is 432 g/mol. The molecule has 2 aromatic rings. The molecule has 1 aromatic carbocycles. The van der Waals surface area contributed by atoms with Gasteiger partial charge >= 0.3 is 6.09 Å². The highest BCUT2D eigenvalue weighted by Crippen LogP contribution is 2.28. The Morgan fingerprint density at radius 2 is 2.00 bits per heavy atom. The number of hydrogen-bond donors (Lipinski definition) is 1. The molecule has 0 spiro atoms. The fourth-order valence-electron chi connectivity index (χ4n) is 3.66. The van der Waals surface area contributed by atoms with Crippen molar-refractivity contribution >= 4 is 23.4 Å². The fraction of sp³-hybridized carbons (Fsp3) is 0.500. The van der Waals surface area contributed by atoms with Crippen molar-refractivity contribution in [1.29, 1.82) is 0 Å². The van der Waals surface area contributed by atoms with E-state index in [1.54, 1.807) is 6.20 Å². The number of anilines is 1. The number of aromatic nitrogens is 2. The maximum atomic E-state index is 12.8. The second-order valence-corrected chi connectivity index (χ2v) is 9.08. The van der Waals surface area contributed by atoms with E-state index in [9.17, 15) is 9.59 Å². The Labute approximate surface area is 182 Å². The molecule has 1 aliphatic heterocycles. The average Bonchev–Trinajstić information content (AvgIpc) is 2.66. The van der Waals surface area contributed by atoms with Crippen molar-refractivity contribution in [1.82, 2.24) is 15.1 Å². The van der Waals surface area contributed by atoms with Crippen LogP contribution in [0, 0.1) is 0 Å². The van der Waals surface area contributed by atoms with Crippen LogP contribution in [0.3, 0.4) is 0 Å². The van der Waals surface area contributed by atoms with Crippen molar-refractivity contribution in [2.75, 3.05) is 11.4 Å². The SMILES string of the molecule is CC1CC(NC(=O)OC(C)(C)C)CCN1c1cnn(Cc2ccccc2)c(=O)c1Cl. The van der Waals surface area contributed by atoms with Crippen LogP contribution in [0.4, 0.5) is 10.5 Å². The molecular weight excluding hydrogens is 404 g/mol. The molecule has 7 nitrogen and oxygen atoms in total. The zero-order chi connectivity index (χ0) is 21.9. The second-order valence-electron chi connectivity index (χ2n) is 8.70. The number of ether oxygens (including phenoxy) is 1. The Balaban J connectivity index is 1.67. The molecule has 8 heteroatoms. The van der Waals surface area contributed by atoms with Crippen LogP contribution in [-0.4, -0.2) is 40.1 Å². The molecule has 1 aliphatic rings. The van der Waals surface area contributed by atoms with Gasteiger partial charge in [-0.15, -0.1) is 0 Å². The third-order valence-electron chi connectivity index (χ3n) is 5.05. The number of piperidine rings is 1. The maximum absolute atomic E-state index is 12.8. The van der Waals surface area contributed by atoms with Gasteiger partial charge in [0.05, 0.1) is 18.4 Å². The van der Waals surface area contributed by atoms with Gasteiger partial charge in [-0.3, -0.25) is 4.79 Å². The van der Waals surface area contributed by atoms with E-state index in [1.165, 1.54) is 4.68 Å². The molecule has 162 valence electrons. The zero-order valence-electron chi connectivity index (χ0n) is 17.9. The van der Waals surface area contributed by atoms with Gasteiger partial charge in [0.1, 0.15) is 10.6 Å². The highest BCUT2D eigenvalue weighted by Gasteiger charge is 2.30. The third kappa shape index (κ3) is 5.53. The Kier molecular flexibility index (Phi) is 6.71. The van der Waals surface area contributed by atoms with Crippen LogP contribution in [0.15, 0.2) is 41.3 Å². The summed E-state index contributed by atoms with van der Waals surface area (Å²) < 4.78 is 6.72. The summed E-state index contributed by atoms with van der Waals surface area (Å²) in [5, 5.41) is 7.45. The van der Waals surface area contributed by atoms with Gasteiger partial charge in [-0.05, 0) is 46.1 Å². The van der Waals surface area contributed by atoms with Gasteiger partial charge in [0.2, 0.25) is 0 Å². The first kappa shape index (κ1) is 22.2. The van der Waals surface area contributed by atoms with Crippen molar-refractivity contribution in [2.24, 2.45) is 0 Å². The number of carbonyl (C=O) groups is 1. The topological polar surface area (TPSA) is 76.5 Å². The molecule has 1 fully saturated rings. The number of amides is 1. The summed E-state index contributed by atoms with van der Waals surface area (Å²) in [6.45, 7) is 8.60. The smallest absolute Gasteiger partial charge is 0.407 e. The highest BCUT2D eigenvalue weighted by atomic mass is 35.5. The summed E-state index contributed by atoms with van der Waals surface area (Å²) >= 11 is 6.45. The van der Waals surface area contributed by atoms with E-state index in [4.69, 9.17) is 16.3 Å². The standard InChI is InChI=1S/C22H29ClN4O3/c1-15-12-17(25-21(29)30-22(2,3)4)10-11-26(15)18-13-24-27(20(28)19(18)23)14-16-8-6-5-7-9-16/h5-9,13,15,17H,10-12,14H2,1-4H3,(H,25,29). The van der Waals surface area contributed by atoms with Crippen molar-refractivity contribution in [3.8, 4) is 0 Å². The molecule has 2 heterocycles. The molecule has 0 bridgehead atoms. The molecule has 1 N–H and O–H groups in total. The van der Waals surface area contributed by atoms with Gasteiger partial charge in [0.25, 0.3) is 5.56 Å². The number of carbonyl (C=O) groups excluding carboxylic acids is 1. The molecule has 2 atom stereocenters. The van der Waals surface area contributed by atoms with Gasteiger partial charge in [-0.1, -0.05) is 41.9 Å². The number of nitrogens with zero attached hydrogens (tertiary/aromatic N) is 3. The van der Waals surface area contributed by atoms with Crippen LogP contribution in [0.25, 0.3) is 0 Å². The van der Waals surface area contributed by atoms with E-state index >= 15 is 0 Å². The normalized spacial score (nSPS) is 19.4. The van der Waals surface area contributed by atoms with Gasteiger partial charge in [-0.25, -0.2) is 9.48 Å². The third-order valence-corrected chi connectivity index (χ3v) is 5.40. The van der Waals surface area contributed by atoms with E-state index in [1.807, 2.05) is 51.1 Å². The van der Waals surface area contributed by atoms with Crippen molar-refractivity contribution < 1.29 is 9.53 Å². The van der Waals surface area contributed by atoms with Crippen molar-refractivity contribution in [2.45, 2.75) is 64.8 Å². The van der Waals surface area contributed by atoms with Crippen LogP contribution < -0.4 is 15.8 Å². The minimum Gasteiger partial charge on any atom is -0.444 e. The Bertz CT molecular complexity index is 940. The molecule has 1 saturated heterocycles. The summed E-state index contributed by atoms with van der Waals surface area (Å²) in [4.78, 5) is 26.9. The number of hydrogen-bond acceptors (Lipinski definition) is 5. The molecule has 1 aromatic heterocycles. The molecule has 1 amide bonds. The fourth-order valence-corrected chi connectivity index (χ4v) is 3.92. The summed E-state index contributed by atoms with van der Waals surface area (Å²) in [7, 11) is 0. The van der Waals surface area contributed by atoms with E-state index < -0.39 is 11.7 Å². The number of benzene rings is 1. The van der Waals surface area contributed by atoms with Crippen LogP contribution in [0.5, 0.6) is 0 Å². The predicted octanol–water partition coefficient (Wildman–Crippen LogP) is 3.83.